The molecule has 0 amide bonds. The summed E-state index contributed by atoms with van der Waals surface area (Å²) < 4.78 is 9.48. The van der Waals surface area contributed by atoms with Gasteiger partial charge in [0.15, 0.2) is 5.69 Å². The van der Waals surface area contributed by atoms with Crippen molar-refractivity contribution in [1.82, 2.24) is 4.98 Å². The van der Waals surface area contributed by atoms with E-state index in [9.17, 15) is 19.8 Å². The number of thiazole rings is 1. The Bertz CT molecular complexity index is 461. The Hall–Kier alpha value is -1.51. The molecular weight excluding hydrogens is 286 g/mol. The van der Waals surface area contributed by atoms with Gasteiger partial charge in [0.2, 0.25) is 0 Å². The number of esters is 2. The molecule has 0 spiro atoms. The summed E-state index contributed by atoms with van der Waals surface area (Å²) in [7, 11) is 0. The Labute approximate surface area is 120 Å². The molecule has 0 aliphatic rings. The lowest BCUT2D eigenvalue weighted by Gasteiger charge is -2.16. The Kier molecular flexibility index (Phi) is 6.56. The van der Waals surface area contributed by atoms with Crippen molar-refractivity contribution in [2.45, 2.75) is 32.5 Å². The maximum atomic E-state index is 11.6. The van der Waals surface area contributed by atoms with Crippen molar-refractivity contribution in [3.63, 3.8) is 0 Å². The summed E-state index contributed by atoms with van der Waals surface area (Å²) in [6.45, 7) is 3.66. The first-order valence-electron chi connectivity index (χ1n) is 6.13. The smallest absolute Gasteiger partial charge is 0.358 e. The Morgan fingerprint density at radius 2 is 1.95 bits per heavy atom. The summed E-state index contributed by atoms with van der Waals surface area (Å²) in [4.78, 5) is 26.8. The van der Waals surface area contributed by atoms with Crippen molar-refractivity contribution >= 4 is 23.3 Å². The number of nitrogens with zero attached hydrogens (tertiary/aromatic N) is 1. The van der Waals surface area contributed by atoms with E-state index in [2.05, 4.69) is 9.72 Å². The van der Waals surface area contributed by atoms with Crippen LogP contribution in [0.15, 0.2) is 5.51 Å². The van der Waals surface area contributed by atoms with Crippen molar-refractivity contribution in [3.05, 3.63) is 16.1 Å². The van der Waals surface area contributed by atoms with Crippen LogP contribution in [0, 0.1) is 0 Å². The van der Waals surface area contributed by atoms with Gasteiger partial charge in [0.05, 0.1) is 36.1 Å². The molecule has 0 aliphatic carbocycles. The normalized spacial score (nSPS) is 13.6. The first-order valence-corrected chi connectivity index (χ1v) is 7.01. The average molecular weight is 303 g/mol. The topological polar surface area (TPSA) is 106 Å². The van der Waals surface area contributed by atoms with Crippen LogP contribution in [0.2, 0.25) is 0 Å². The van der Waals surface area contributed by atoms with Crippen LogP contribution >= 0.6 is 11.3 Å². The second-order valence-electron chi connectivity index (χ2n) is 3.81. The third kappa shape index (κ3) is 4.26. The summed E-state index contributed by atoms with van der Waals surface area (Å²) in [6.07, 6.45) is -3.14. The molecule has 1 aromatic rings. The highest BCUT2D eigenvalue weighted by molar-refractivity contribution is 7.10. The fourth-order valence-corrected chi connectivity index (χ4v) is 2.31. The average Bonchev–Trinajstić information content (AvgIpc) is 2.87. The van der Waals surface area contributed by atoms with E-state index in [1.54, 1.807) is 13.8 Å². The molecule has 0 saturated heterocycles. The van der Waals surface area contributed by atoms with E-state index in [1.807, 2.05) is 0 Å². The molecule has 20 heavy (non-hydrogen) atoms. The minimum Gasteiger partial charge on any atom is -0.466 e. The number of rotatable bonds is 7. The van der Waals surface area contributed by atoms with Crippen LogP contribution in [-0.4, -0.2) is 46.5 Å². The lowest BCUT2D eigenvalue weighted by Crippen LogP contribution is -2.24. The lowest BCUT2D eigenvalue weighted by molar-refractivity contribution is -0.147. The van der Waals surface area contributed by atoms with Crippen molar-refractivity contribution < 1.29 is 29.3 Å². The Morgan fingerprint density at radius 1 is 1.30 bits per heavy atom. The minimum absolute atomic E-state index is 0.0488. The molecule has 1 aromatic heterocycles. The van der Waals surface area contributed by atoms with Gasteiger partial charge in [-0.1, -0.05) is 0 Å². The van der Waals surface area contributed by atoms with Gasteiger partial charge in [-0.15, -0.1) is 11.3 Å². The predicted octanol–water partition coefficient (Wildman–Crippen LogP) is 0.667. The first-order chi connectivity index (χ1) is 9.51. The number of ether oxygens (including phenoxy) is 2. The SMILES string of the molecule is CCOC(=O)CC(O)C(O)c1scnc1C(=O)OCC. The van der Waals surface area contributed by atoms with Crippen LogP contribution in [0.4, 0.5) is 0 Å². The van der Waals surface area contributed by atoms with Gasteiger partial charge in [0.25, 0.3) is 0 Å². The zero-order valence-electron chi connectivity index (χ0n) is 11.2. The molecule has 1 rings (SSSR count). The highest BCUT2D eigenvalue weighted by Crippen LogP contribution is 2.27. The summed E-state index contributed by atoms with van der Waals surface area (Å²) in [6, 6.07) is 0. The van der Waals surface area contributed by atoms with Gasteiger partial charge in [-0.05, 0) is 13.8 Å². The maximum absolute atomic E-state index is 11.6. The summed E-state index contributed by atoms with van der Waals surface area (Å²) in [5.74, 6) is -1.30. The molecule has 2 unspecified atom stereocenters. The van der Waals surface area contributed by atoms with Crippen molar-refractivity contribution in [1.29, 1.82) is 0 Å². The minimum atomic E-state index is -1.40. The molecule has 1 heterocycles. The van der Waals surface area contributed by atoms with E-state index in [4.69, 9.17) is 4.74 Å². The number of aliphatic hydroxyl groups excluding tert-OH is 2. The van der Waals surface area contributed by atoms with Gasteiger partial charge < -0.3 is 19.7 Å². The van der Waals surface area contributed by atoms with Crippen LogP contribution in [0.25, 0.3) is 0 Å². The molecule has 8 heteroatoms. The summed E-state index contributed by atoms with van der Waals surface area (Å²) in [5.41, 5.74) is 1.31. The first kappa shape index (κ1) is 16.5. The maximum Gasteiger partial charge on any atom is 0.358 e. The largest absolute Gasteiger partial charge is 0.466 e. The number of hydrogen-bond acceptors (Lipinski definition) is 8. The zero-order valence-corrected chi connectivity index (χ0v) is 12.1. The lowest BCUT2D eigenvalue weighted by atomic mass is 10.1. The third-order valence-corrected chi connectivity index (χ3v) is 3.28. The molecule has 0 aliphatic heterocycles. The van der Waals surface area contributed by atoms with Gasteiger partial charge >= 0.3 is 11.9 Å². The van der Waals surface area contributed by atoms with Crippen LogP contribution in [0.3, 0.4) is 0 Å². The third-order valence-electron chi connectivity index (χ3n) is 2.38. The quantitative estimate of drug-likeness (QED) is 0.713. The van der Waals surface area contributed by atoms with Crippen molar-refractivity contribution in [2.75, 3.05) is 13.2 Å². The zero-order chi connectivity index (χ0) is 15.1. The fraction of sp³-hybridized carbons (Fsp3) is 0.583. The van der Waals surface area contributed by atoms with E-state index in [0.29, 0.717) is 0 Å². The van der Waals surface area contributed by atoms with Gasteiger partial charge in [-0.2, -0.15) is 0 Å². The number of hydrogen-bond donors (Lipinski definition) is 2. The van der Waals surface area contributed by atoms with E-state index >= 15 is 0 Å². The van der Waals surface area contributed by atoms with E-state index < -0.39 is 24.1 Å². The van der Waals surface area contributed by atoms with Gasteiger partial charge in [-0.25, -0.2) is 9.78 Å². The second kappa shape index (κ2) is 7.93. The van der Waals surface area contributed by atoms with Crippen LogP contribution in [-0.2, 0) is 14.3 Å². The molecule has 0 radical (unpaired) electrons. The van der Waals surface area contributed by atoms with E-state index in [1.165, 1.54) is 5.51 Å². The highest BCUT2D eigenvalue weighted by Gasteiger charge is 2.28. The Morgan fingerprint density at radius 3 is 2.55 bits per heavy atom. The van der Waals surface area contributed by atoms with Gasteiger partial charge in [0.1, 0.15) is 6.10 Å². The summed E-state index contributed by atoms with van der Waals surface area (Å²) >= 11 is 1.01. The van der Waals surface area contributed by atoms with Crippen LogP contribution in [0.5, 0.6) is 0 Å². The molecule has 0 bridgehead atoms. The van der Waals surface area contributed by atoms with Crippen molar-refractivity contribution in [3.8, 4) is 0 Å². The molecule has 2 N–H and O–H groups in total. The second-order valence-corrected chi connectivity index (χ2v) is 4.69. The predicted molar refractivity (Wildman–Crippen MR) is 70.3 cm³/mol. The molecule has 112 valence electrons. The molecule has 0 aromatic carbocycles. The highest BCUT2D eigenvalue weighted by atomic mass is 32.1. The molecular formula is C12H17NO6S. The standard InChI is InChI=1S/C12H17NO6S/c1-3-18-8(15)5-7(14)10(16)11-9(13-6-20-11)12(17)19-4-2/h6-7,10,14,16H,3-5H2,1-2H3. The molecule has 2 atom stereocenters. The fourth-order valence-electron chi connectivity index (χ4n) is 1.49. The number of aromatic nitrogens is 1. The number of aliphatic hydroxyl groups is 2. The number of carbonyl (C=O) groups excluding carboxylic acids is 2. The van der Waals surface area contributed by atoms with Crippen molar-refractivity contribution in [2.24, 2.45) is 0 Å². The monoisotopic (exact) mass is 303 g/mol. The summed E-state index contributed by atoms with van der Waals surface area (Å²) in [5, 5.41) is 19.8. The molecule has 0 saturated carbocycles. The van der Waals surface area contributed by atoms with E-state index in [-0.39, 0.29) is 30.2 Å². The van der Waals surface area contributed by atoms with Gasteiger partial charge in [-0.3, -0.25) is 4.79 Å². The molecule has 7 nitrogen and oxygen atoms in total. The van der Waals surface area contributed by atoms with E-state index in [0.717, 1.165) is 11.3 Å². The Balaban J connectivity index is 2.76. The van der Waals surface area contributed by atoms with Gasteiger partial charge in [0, 0.05) is 0 Å². The number of carbonyl (C=O) groups is 2. The van der Waals surface area contributed by atoms with Crippen LogP contribution in [0.1, 0.15) is 41.7 Å². The van der Waals surface area contributed by atoms with Crippen LogP contribution < -0.4 is 0 Å². The molecule has 0 fully saturated rings.